The Morgan fingerprint density at radius 2 is 1.73 bits per heavy atom. The zero-order valence-corrected chi connectivity index (χ0v) is 13.6. The van der Waals surface area contributed by atoms with Gasteiger partial charge in [-0.2, -0.15) is 0 Å². The topological polar surface area (TPSA) is 29.1 Å². The molecule has 0 aromatic heterocycles. The molecular formula is C20H25NO. The van der Waals surface area contributed by atoms with Gasteiger partial charge in [0.25, 0.3) is 0 Å². The molecule has 1 N–H and O–H groups in total. The molecule has 2 heteroatoms. The minimum Gasteiger partial charge on any atom is -0.356 e. The van der Waals surface area contributed by atoms with Crippen LogP contribution in [0.25, 0.3) is 0 Å². The van der Waals surface area contributed by atoms with Gasteiger partial charge in [-0.05, 0) is 42.9 Å². The van der Waals surface area contributed by atoms with Crippen LogP contribution >= 0.6 is 0 Å². The van der Waals surface area contributed by atoms with E-state index in [1.165, 1.54) is 16.7 Å². The largest absolute Gasteiger partial charge is 0.356 e. The lowest BCUT2D eigenvalue weighted by molar-refractivity contribution is -0.120. The van der Waals surface area contributed by atoms with E-state index < -0.39 is 0 Å². The standard InChI is InChI=1S/C20H25NO/c1-3-17-9-11-19(12-10-17)15-20(22)21-13-5-8-18-7-4-6-16(2)14-18/h4,6-7,9-12,14H,3,5,8,13,15H2,1-2H3,(H,21,22). The van der Waals surface area contributed by atoms with Gasteiger partial charge in [0, 0.05) is 6.54 Å². The number of carbonyl (C=O) groups excluding carboxylic acids is 1. The Bertz CT molecular complexity index is 601. The quantitative estimate of drug-likeness (QED) is 0.772. The normalized spacial score (nSPS) is 10.5. The third-order valence-electron chi connectivity index (χ3n) is 3.84. The van der Waals surface area contributed by atoms with Crippen LogP contribution in [0, 0.1) is 6.92 Å². The number of nitrogens with one attached hydrogen (secondary N) is 1. The Morgan fingerprint density at radius 3 is 2.41 bits per heavy atom. The molecule has 0 radical (unpaired) electrons. The molecule has 1 amide bonds. The molecule has 0 saturated heterocycles. The Balaban J connectivity index is 1.69. The van der Waals surface area contributed by atoms with Gasteiger partial charge in [-0.15, -0.1) is 0 Å². The fourth-order valence-corrected chi connectivity index (χ4v) is 2.53. The number of hydrogen-bond acceptors (Lipinski definition) is 1. The van der Waals surface area contributed by atoms with Crippen LogP contribution in [0.4, 0.5) is 0 Å². The number of aryl methyl sites for hydroxylation is 3. The van der Waals surface area contributed by atoms with Crippen molar-refractivity contribution in [3.8, 4) is 0 Å². The molecule has 0 atom stereocenters. The van der Waals surface area contributed by atoms with Crippen LogP contribution in [0.3, 0.4) is 0 Å². The lowest BCUT2D eigenvalue weighted by Gasteiger charge is -2.06. The van der Waals surface area contributed by atoms with Crippen molar-refractivity contribution < 1.29 is 4.79 Å². The minimum absolute atomic E-state index is 0.105. The average Bonchev–Trinajstić information content (AvgIpc) is 2.52. The summed E-state index contributed by atoms with van der Waals surface area (Å²) in [5.74, 6) is 0.105. The van der Waals surface area contributed by atoms with Gasteiger partial charge >= 0.3 is 0 Å². The molecule has 22 heavy (non-hydrogen) atoms. The molecule has 0 aliphatic heterocycles. The Kier molecular flexibility index (Phi) is 6.20. The molecule has 0 aliphatic carbocycles. The van der Waals surface area contributed by atoms with Crippen molar-refractivity contribution in [3.05, 3.63) is 70.8 Å². The number of amides is 1. The molecule has 0 heterocycles. The van der Waals surface area contributed by atoms with Gasteiger partial charge in [0.2, 0.25) is 5.91 Å². The summed E-state index contributed by atoms with van der Waals surface area (Å²) in [6, 6.07) is 16.8. The lowest BCUT2D eigenvalue weighted by atomic mass is 10.1. The summed E-state index contributed by atoms with van der Waals surface area (Å²) in [5, 5.41) is 3.01. The van der Waals surface area contributed by atoms with Crippen LogP contribution in [0.15, 0.2) is 48.5 Å². The molecule has 0 spiro atoms. The smallest absolute Gasteiger partial charge is 0.224 e. The van der Waals surface area contributed by atoms with E-state index in [1.807, 2.05) is 12.1 Å². The van der Waals surface area contributed by atoms with Crippen molar-refractivity contribution in [2.24, 2.45) is 0 Å². The van der Waals surface area contributed by atoms with Gasteiger partial charge in [-0.1, -0.05) is 61.0 Å². The van der Waals surface area contributed by atoms with Crippen molar-refractivity contribution in [2.75, 3.05) is 6.54 Å². The summed E-state index contributed by atoms with van der Waals surface area (Å²) in [7, 11) is 0. The van der Waals surface area contributed by atoms with Crippen LogP contribution in [0.1, 0.15) is 35.6 Å². The summed E-state index contributed by atoms with van der Waals surface area (Å²) in [4.78, 5) is 11.9. The maximum Gasteiger partial charge on any atom is 0.224 e. The number of carbonyl (C=O) groups is 1. The summed E-state index contributed by atoms with van der Waals surface area (Å²) < 4.78 is 0. The summed E-state index contributed by atoms with van der Waals surface area (Å²) >= 11 is 0. The van der Waals surface area contributed by atoms with E-state index in [4.69, 9.17) is 0 Å². The van der Waals surface area contributed by atoms with E-state index in [1.54, 1.807) is 0 Å². The third-order valence-corrected chi connectivity index (χ3v) is 3.84. The summed E-state index contributed by atoms with van der Waals surface area (Å²) in [6.45, 7) is 4.98. The first-order valence-electron chi connectivity index (χ1n) is 8.07. The fourth-order valence-electron chi connectivity index (χ4n) is 2.53. The third kappa shape index (κ3) is 5.36. The van der Waals surface area contributed by atoms with Crippen LogP contribution in [0.2, 0.25) is 0 Å². The minimum atomic E-state index is 0.105. The molecule has 2 rings (SSSR count). The lowest BCUT2D eigenvalue weighted by Crippen LogP contribution is -2.26. The molecule has 0 fully saturated rings. The van der Waals surface area contributed by atoms with Gasteiger partial charge in [-0.25, -0.2) is 0 Å². The van der Waals surface area contributed by atoms with Crippen molar-refractivity contribution in [1.29, 1.82) is 0 Å². The Morgan fingerprint density at radius 1 is 1.00 bits per heavy atom. The Labute approximate surface area is 133 Å². The van der Waals surface area contributed by atoms with E-state index in [2.05, 4.69) is 55.6 Å². The van der Waals surface area contributed by atoms with Gasteiger partial charge in [-0.3, -0.25) is 4.79 Å². The molecule has 0 bridgehead atoms. The molecular weight excluding hydrogens is 270 g/mol. The van der Waals surface area contributed by atoms with E-state index in [9.17, 15) is 4.79 Å². The van der Waals surface area contributed by atoms with Crippen molar-refractivity contribution in [3.63, 3.8) is 0 Å². The molecule has 116 valence electrons. The maximum atomic E-state index is 11.9. The first-order valence-corrected chi connectivity index (χ1v) is 8.07. The van der Waals surface area contributed by atoms with Crippen LogP contribution in [0.5, 0.6) is 0 Å². The Hall–Kier alpha value is -2.09. The van der Waals surface area contributed by atoms with Gasteiger partial charge in [0.05, 0.1) is 6.42 Å². The number of benzene rings is 2. The second kappa shape index (κ2) is 8.38. The molecule has 0 unspecified atom stereocenters. The summed E-state index contributed by atoms with van der Waals surface area (Å²) in [6.07, 6.45) is 3.48. The maximum absolute atomic E-state index is 11.9. The van der Waals surface area contributed by atoms with Crippen LogP contribution in [-0.2, 0) is 24.1 Å². The summed E-state index contributed by atoms with van der Waals surface area (Å²) in [5.41, 5.74) is 5.01. The van der Waals surface area contributed by atoms with E-state index in [0.29, 0.717) is 6.42 Å². The first kappa shape index (κ1) is 16.3. The molecule has 0 saturated carbocycles. The molecule has 2 aromatic carbocycles. The second-order valence-electron chi connectivity index (χ2n) is 5.79. The van der Waals surface area contributed by atoms with Gasteiger partial charge in [0.15, 0.2) is 0 Å². The monoisotopic (exact) mass is 295 g/mol. The van der Waals surface area contributed by atoms with E-state index >= 15 is 0 Å². The van der Waals surface area contributed by atoms with Gasteiger partial charge in [0.1, 0.15) is 0 Å². The highest BCUT2D eigenvalue weighted by Crippen LogP contribution is 2.07. The van der Waals surface area contributed by atoms with Crippen molar-refractivity contribution >= 4 is 5.91 Å². The highest BCUT2D eigenvalue weighted by molar-refractivity contribution is 5.78. The SMILES string of the molecule is CCc1ccc(CC(=O)NCCCc2cccc(C)c2)cc1. The number of rotatable bonds is 7. The first-order chi connectivity index (χ1) is 10.7. The predicted molar refractivity (Wildman–Crippen MR) is 92.0 cm³/mol. The number of hydrogen-bond donors (Lipinski definition) is 1. The molecule has 2 nitrogen and oxygen atoms in total. The highest BCUT2D eigenvalue weighted by Gasteiger charge is 2.03. The van der Waals surface area contributed by atoms with Crippen molar-refractivity contribution in [1.82, 2.24) is 5.32 Å². The predicted octanol–water partition coefficient (Wildman–Crippen LogP) is 3.85. The fraction of sp³-hybridized carbons (Fsp3) is 0.350. The highest BCUT2D eigenvalue weighted by atomic mass is 16.1. The molecule has 0 aliphatic rings. The van der Waals surface area contributed by atoms with Crippen LogP contribution < -0.4 is 5.32 Å². The van der Waals surface area contributed by atoms with E-state index in [0.717, 1.165) is 31.4 Å². The van der Waals surface area contributed by atoms with Crippen LogP contribution in [-0.4, -0.2) is 12.5 Å². The molecule has 2 aromatic rings. The average molecular weight is 295 g/mol. The van der Waals surface area contributed by atoms with Crippen molar-refractivity contribution in [2.45, 2.75) is 39.5 Å². The zero-order valence-electron chi connectivity index (χ0n) is 13.6. The van der Waals surface area contributed by atoms with Gasteiger partial charge < -0.3 is 5.32 Å². The van der Waals surface area contributed by atoms with E-state index in [-0.39, 0.29) is 5.91 Å². The second-order valence-corrected chi connectivity index (χ2v) is 5.79. The zero-order chi connectivity index (χ0) is 15.8.